The van der Waals surface area contributed by atoms with E-state index in [4.69, 9.17) is 19.8 Å². The largest absolute Gasteiger partial charge is 0.481 e. The molecule has 1 fully saturated rings. The molecular weight excluding hydrogens is 450 g/mol. The second kappa shape index (κ2) is 11.6. The summed E-state index contributed by atoms with van der Waals surface area (Å²) in [6, 6.07) is 17.9. The van der Waals surface area contributed by atoms with E-state index in [0.29, 0.717) is 43.8 Å². The number of benzene rings is 2. The van der Waals surface area contributed by atoms with Gasteiger partial charge in [-0.25, -0.2) is 18.0 Å². The van der Waals surface area contributed by atoms with Gasteiger partial charge in [0, 0.05) is 0 Å². The number of likely N-dealkylation sites (tertiary alicyclic amines) is 1. The second-order valence-corrected chi connectivity index (χ2v) is 9.80. The normalized spacial score (nSPS) is 15.6. The molecule has 0 amide bonds. The molecule has 33 heavy (non-hydrogen) atoms. The number of hydrogen-bond acceptors (Lipinski definition) is 6. The van der Waals surface area contributed by atoms with Gasteiger partial charge in [-0.1, -0.05) is 48.5 Å². The van der Waals surface area contributed by atoms with Crippen LogP contribution in [0.15, 0.2) is 65.6 Å². The minimum atomic E-state index is -3.26. The van der Waals surface area contributed by atoms with Gasteiger partial charge in [0.05, 0.1) is 16.1 Å². The van der Waals surface area contributed by atoms with Gasteiger partial charge in [0.15, 0.2) is 9.84 Å². The first-order chi connectivity index (χ1) is 15.6. The first-order valence-corrected chi connectivity index (χ1v) is 12.0. The third kappa shape index (κ3) is 7.13. The predicted molar refractivity (Wildman–Crippen MR) is 120 cm³/mol. The fraction of sp³-hybridized carbons (Fsp3) is 0.348. The quantitative estimate of drug-likeness (QED) is 0.510. The van der Waals surface area contributed by atoms with E-state index in [0.717, 1.165) is 5.56 Å². The summed E-state index contributed by atoms with van der Waals surface area (Å²) in [7, 11) is -3.26. The van der Waals surface area contributed by atoms with E-state index in [1.165, 1.54) is 0 Å². The van der Waals surface area contributed by atoms with Gasteiger partial charge < -0.3 is 20.2 Å². The molecule has 178 valence electrons. The number of carboxylic acids is 3. The Balaban J connectivity index is 0.000000569. The van der Waals surface area contributed by atoms with Crippen molar-refractivity contribution in [3.63, 3.8) is 0 Å². The molecule has 2 aromatic rings. The first-order valence-electron chi connectivity index (χ1n) is 10.3. The highest BCUT2D eigenvalue weighted by Crippen LogP contribution is 2.35. The van der Waals surface area contributed by atoms with Crippen molar-refractivity contribution in [2.75, 3.05) is 25.4 Å². The van der Waals surface area contributed by atoms with Gasteiger partial charge in [-0.05, 0) is 56.6 Å². The molecule has 9 nitrogen and oxygen atoms in total. The molecule has 0 bridgehead atoms. The third-order valence-corrected chi connectivity index (χ3v) is 7.43. The molecule has 1 saturated heterocycles. The number of nitrogens with zero attached hydrogens (tertiary/aromatic N) is 1. The molecule has 0 saturated carbocycles. The van der Waals surface area contributed by atoms with Crippen LogP contribution >= 0.6 is 0 Å². The zero-order valence-corrected chi connectivity index (χ0v) is 18.8. The van der Waals surface area contributed by atoms with Crippen LogP contribution in [0.3, 0.4) is 0 Å². The molecule has 1 aliphatic heterocycles. The summed E-state index contributed by atoms with van der Waals surface area (Å²) in [5.41, 5.74) is 0.0113. The zero-order valence-electron chi connectivity index (χ0n) is 18.0. The monoisotopic (exact) mass is 477 g/mol. The Labute approximate surface area is 192 Å². The molecule has 3 rings (SSSR count). The SMILES string of the molecule is O=C(O)C(=O)O.O=C(O)C1(c2ccccc2)CCN(CCCS(=O)(=O)c2ccccc2)CC1. The van der Waals surface area contributed by atoms with Gasteiger partial charge in [0.2, 0.25) is 0 Å². The number of carboxylic acid groups (broad SMARTS) is 3. The fourth-order valence-corrected chi connectivity index (χ4v) is 5.08. The van der Waals surface area contributed by atoms with Crippen LogP contribution in [0.25, 0.3) is 0 Å². The molecule has 0 atom stereocenters. The number of aliphatic carboxylic acids is 3. The lowest BCUT2D eigenvalue weighted by Gasteiger charge is -2.39. The Morgan fingerprint density at radius 1 is 0.818 bits per heavy atom. The van der Waals surface area contributed by atoms with Crippen molar-refractivity contribution in [3.05, 3.63) is 66.2 Å². The van der Waals surface area contributed by atoms with Crippen LogP contribution in [0.1, 0.15) is 24.8 Å². The average molecular weight is 478 g/mol. The average Bonchev–Trinajstić information content (AvgIpc) is 2.81. The van der Waals surface area contributed by atoms with E-state index in [1.54, 1.807) is 30.3 Å². The smallest absolute Gasteiger partial charge is 0.414 e. The maximum absolute atomic E-state index is 12.4. The van der Waals surface area contributed by atoms with E-state index in [-0.39, 0.29) is 5.75 Å². The van der Waals surface area contributed by atoms with Crippen molar-refractivity contribution in [1.29, 1.82) is 0 Å². The van der Waals surface area contributed by atoms with Crippen molar-refractivity contribution in [1.82, 2.24) is 4.90 Å². The van der Waals surface area contributed by atoms with Crippen LogP contribution in [0, 0.1) is 0 Å². The molecule has 1 heterocycles. The van der Waals surface area contributed by atoms with Crippen molar-refractivity contribution in [2.45, 2.75) is 29.6 Å². The minimum Gasteiger partial charge on any atom is -0.481 e. The highest BCUT2D eigenvalue weighted by molar-refractivity contribution is 7.91. The molecule has 10 heteroatoms. The van der Waals surface area contributed by atoms with Crippen LogP contribution < -0.4 is 0 Å². The van der Waals surface area contributed by atoms with E-state index in [2.05, 4.69) is 4.90 Å². The molecule has 2 aromatic carbocycles. The van der Waals surface area contributed by atoms with Crippen molar-refractivity contribution >= 4 is 27.7 Å². The van der Waals surface area contributed by atoms with Crippen LogP contribution in [0.4, 0.5) is 0 Å². The van der Waals surface area contributed by atoms with Crippen molar-refractivity contribution in [2.24, 2.45) is 0 Å². The Bertz CT molecular complexity index is 1030. The summed E-state index contributed by atoms with van der Waals surface area (Å²) >= 11 is 0. The lowest BCUT2D eigenvalue weighted by molar-refractivity contribution is -0.159. The van der Waals surface area contributed by atoms with Crippen LogP contribution in [0.5, 0.6) is 0 Å². The first kappa shape index (κ1) is 26.0. The van der Waals surface area contributed by atoms with Gasteiger partial charge in [0.1, 0.15) is 0 Å². The molecule has 0 aromatic heterocycles. The van der Waals surface area contributed by atoms with Gasteiger partial charge >= 0.3 is 17.9 Å². The highest BCUT2D eigenvalue weighted by atomic mass is 32.2. The highest BCUT2D eigenvalue weighted by Gasteiger charge is 2.42. The summed E-state index contributed by atoms with van der Waals surface area (Å²) in [5, 5.41) is 24.6. The van der Waals surface area contributed by atoms with Gasteiger partial charge in [-0.2, -0.15) is 0 Å². The van der Waals surface area contributed by atoms with Gasteiger partial charge in [0.25, 0.3) is 0 Å². The number of sulfone groups is 1. The molecule has 3 N–H and O–H groups in total. The maximum atomic E-state index is 12.4. The van der Waals surface area contributed by atoms with Gasteiger partial charge in [-0.15, -0.1) is 0 Å². The molecule has 1 aliphatic rings. The maximum Gasteiger partial charge on any atom is 0.414 e. The number of hydrogen-bond donors (Lipinski definition) is 3. The van der Waals surface area contributed by atoms with E-state index >= 15 is 0 Å². The van der Waals surface area contributed by atoms with Crippen molar-refractivity contribution in [3.8, 4) is 0 Å². The van der Waals surface area contributed by atoms with Crippen LogP contribution in [0.2, 0.25) is 0 Å². The Morgan fingerprint density at radius 2 is 1.30 bits per heavy atom. The van der Waals surface area contributed by atoms with Gasteiger partial charge in [-0.3, -0.25) is 4.79 Å². The number of carbonyl (C=O) groups is 3. The fourth-order valence-electron chi connectivity index (χ4n) is 3.77. The minimum absolute atomic E-state index is 0.107. The summed E-state index contributed by atoms with van der Waals surface area (Å²) in [6.45, 7) is 1.98. The lowest BCUT2D eigenvalue weighted by Crippen LogP contribution is -2.47. The standard InChI is InChI=1S/C21H25NO4S.C2H2O4/c23-20(24)21(18-8-3-1-4-9-18)12-15-22(16-13-21)14-7-17-27(25,26)19-10-5-2-6-11-19;3-1(4)2(5)6/h1-6,8-11H,7,12-17H2,(H,23,24);(H,3,4)(H,5,6). The molecular formula is C23H27NO8S. The second-order valence-electron chi connectivity index (χ2n) is 7.69. The predicted octanol–water partition coefficient (Wildman–Crippen LogP) is 2.12. The Morgan fingerprint density at radius 3 is 1.76 bits per heavy atom. The van der Waals surface area contributed by atoms with Crippen LogP contribution in [-0.4, -0.2) is 71.9 Å². The molecule has 0 aliphatic carbocycles. The third-order valence-electron chi connectivity index (χ3n) is 5.62. The molecule has 0 unspecified atom stereocenters. The molecule has 0 radical (unpaired) electrons. The van der Waals surface area contributed by atoms with Crippen molar-refractivity contribution < 1.29 is 38.1 Å². The molecule has 0 spiro atoms. The lowest BCUT2D eigenvalue weighted by atomic mass is 9.73. The topological polar surface area (TPSA) is 149 Å². The zero-order chi connectivity index (χ0) is 24.5. The number of rotatable bonds is 7. The summed E-state index contributed by atoms with van der Waals surface area (Å²) in [6.07, 6.45) is 1.62. The summed E-state index contributed by atoms with van der Waals surface area (Å²) in [5.74, 6) is -4.32. The van der Waals surface area contributed by atoms with Crippen LogP contribution in [-0.2, 0) is 29.6 Å². The Kier molecular flexibility index (Phi) is 9.12. The van der Waals surface area contributed by atoms with E-state index in [1.807, 2.05) is 30.3 Å². The summed E-state index contributed by atoms with van der Waals surface area (Å²) < 4.78 is 24.7. The number of piperidine rings is 1. The van der Waals surface area contributed by atoms with E-state index in [9.17, 15) is 18.3 Å². The van der Waals surface area contributed by atoms with E-state index < -0.39 is 33.2 Å². The Hall–Kier alpha value is -3.24. The summed E-state index contributed by atoms with van der Waals surface area (Å²) in [4.78, 5) is 32.7.